The monoisotopic (exact) mass is 394 g/mol. The lowest BCUT2D eigenvalue weighted by Crippen LogP contribution is -2.51. The Morgan fingerprint density at radius 2 is 1.67 bits per heavy atom. The van der Waals surface area contributed by atoms with Gasteiger partial charge in [0.15, 0.2) is 5.79 Å². The highest BCUT2D eigenvalue weighted by Crippen LogP contribution is 2.34. The van der Waals surface area contributed by atoms with E-state index in [1.807, 2.05) is 12.1 Å². The van der Waals surface area contributed by atoms with Crippen molar-refractivity contribution in [2.24, 2.45) is 0 Å². The molecule has 2 amide bonds. The number of halogens is 1. The van der Waals surface area contributed by atoms with Gasteiger partial charge in [0.05, 0.1) is 31.4 Å². The van der Waals surface area contributed by atoms with Crippen molar-refractivity contribution in [3.63, 3.8) is 0 Å². The number of ether oxygens (including phenoxy) is 2. The maximum absolute atomic E-state index is 12.8. The van der Waals surface area contributed by atoms with E-state index in [0.29, 0.717) is 32.0 Å². The molecule has 3 heterocycles. The molecule has 1 atom stereocenters. The molecule has 0 N–H and O–H groups in total. The summed E-state index contributed by atoms with van der Waals surface area (Å²) in [4.78, 5) is 28.6. The van der Waals surface area contributed by atoms with E-state index in [4.69, 9.17) is 9.47 Å². The molecular weight excluding hydrogens is 376 g/mol. The molecule has 3 aliphatic rings. The molecular formula is C17H19BrN2O4. The van der Waals surface area contributed by atoms with Gasteiger partial charge < -0.3 is 9.47 Å². The smallest absolute Gasteiger partial charge is 0.251 e. The van der Waals surface area contributed by atoms with Crippen LogP contribution in [0.25, 0.3) is 0 Å². The number of likely N-dealkylation sites (tertiary alicyclic amines) is 1. The predicted molar refractivity (Wildman–Crippen MR) is 90.5 cm³/mol. The molecule has 1 aromatic rings. The molecule has 3 fully saturated rings. The first-order chi connectivity index (χ1) is 11.6. The van der Waals surface area contributed by atoms with E-state index in [-0.39, 0.29) is 24.3 Å². The number of hydrogen-bond donors (Lipinski definition) is 0. The van der Waals surface area contributed by atoms with E-state index in [2.05, 4.69) is 20.8 Å². The van der Waals surface area contributed by atoms with Crippen LogP contribution in [0.2, 0.25) is 0 Å². The van der Waals surface area contributed by atoms with Gasteiger partial charge in [0, 0.05) is 30.4 Å². The molecule has 1 unspecified atom stereocenters. The molecule has 1 spiro atoms. The van der Waals surface area contributed by atoms with Gasteiger partial charge in [-0.1, -0.05) is 15.9 Å². The fourth-order valence-electron chi connectivity index (χ4n) is 3.72. The Hall–Kier alpha value is -1.28. The van der Waals surface area contributed by atoms with Crippen LogP contribution in [0.1, 0.15) is 19.3 Å². The van der Waals surface area contributed by atoms with Gasteiger partial charge in [-0.05, 0) is 24.3 Å². The van der Waals surface area contributed by atoms with E-state index in [1.54, 1.807) is 12.1 Å². The number of carbonyl (C=O) groups excluding carboxylic acids is 2. The summed E-state index contributed by atoms with van der Waals surface area (Å²) < 4.78 is 12.4. The first-order valence-electron chi connectivity index (χ1n) is 8.22. The van der Waals surface area contributed by atoms with Crippen LogP contribution in [-0.2, 0) is 19.1 Å². The topological polar surface area (TPSA) is 59.1 Å². The van der Waals surface area contributed by atoms with Gasteiger partial charge in [-0.3, -0.25) is 14.5 Å². The van der Waals surface area contributed by atoms with Gasteiger partial charge in [-0.15, -0.1) is 0 Å². The van der Waals surface area contributed by atoms with Crippen molar-refractivity contribution in [2.45, 2.75) is 31.1 Å². The number of hydrogen-bond acceptors (Lipinski definition) is 5. The van der Waals surface area contributed by atoms with Crippen LogP contribution in [0.5, 0.6) is 0 Å². The van der Waals surface area contributed by atoms with Crippen molar-refractivity contribution in [2.75, 3.05) is 31.2 Å². The number of amides is 2. The number of carbonyl (C=O) groups is 2. The lowest BCUT2D eigenvalue weighted by molar-refractivity contribution is -0.188. The summed E-state index contributed by atoms with van der Waals surface area (Å²) in [6, 6.07) is 6.87. The van der Waals surface area contributed by atoms with E-state index >= 15 is 0 Å². The van der Waals surface area contributed by atoms with Crippen molar-refractivity contribution in [1.29, 1.82) is 0 Å². The summed E-state index contributed by atoms with van der Waals surface area (Å²) >= 11 is 3.37. The van der Waals surface area contributed by atoms with Gasteiger partial charge in [0.1, 0.15) is 0 Å². The lowest BCUT2D eigenvalue weighted by atomic mass is 10.0. The fourth-order valence-corrected chi connectivity index (χ4v) is 3.99. The third-order valence-corrected chi connectivity index (χ3v) is 5.55. The Labute approximate surface area is 148 Å². The summed E-state index contributed by atoms with van der Waals surface area (Å²) in [6.45, 7) is 2.69. The molecule has 24 heavy (non-hydrogen) atoms. The summed E-state index contributed by atoms with van der Waals surface area (Å²) in [5.41, 5.74) is 0.631. The molecule has 0 aliphatic carbocycles. The average molecular weight is 395 g/mol. The quantitative estimate of drug-likeness (QED) is 0.717. The molecule has 1 aromatic carbocycles. The Morgan fingerprint density at radius 3 is 2.29 bits per heavy atom. The molecule has 4 rings (SSSR count). The second-order valence-electron chi connectivity index (χ2n) is 6.41. The van der Waals surface area contributed by atoms with E-state index < -0.39 is 5.79 Å². The minimum Gasteiger partial charge on any atom is -0.347 e. The SMILES string of the molecule is O=C1CC(N2CCC3(CC2)OCCO3)C(=O)N1c1ccc(Br)cc1. The highest BCUT2D eigenvalue weighted by Gasteiger charge is 2.47. The first kappa shape index (κ1) is 16.2. The maximum atomic E-state index is 12.8. The molecule has 6 nitrogen and oxygen atoms in total. The standard InChI is InChI=1S/C17H19BrN2O4/c18-12-1-3-13(4-2-12)20-15(21)11-14(16(20)22)19-7-5-17(6-8-19)23-9-10-24-17/h1-4,14H,5-11H2. The molecule has 3 saturated heterocycles. The van der Waals surface area contributed by atoms with Gasteiger partial charge in [-0.2, -0.15) is 0 Å². The highest BCUT2D eigenvalue weighted by atomic mass is 79.9. The Kier molecular flexibility index (Phi) is 4.20. The summed E-state index contributed by atoms with van der Waals surface area (Å²) in [5.74, 6) is -0.736. The summed E-state index contributed by atoms with van der Waals surface area (Å²) in [7, 11) is 0. The fraction of sp³-hybridized carbons (Fsp3) is 0.529. The predicted octanol–water partition coefficient (Wildman–Crippen LogP) is 1.92. The number of anilines is 1. The van der Waals surface area contributed by atoms with Crippen molar-refractivity contribution in [3.05, 3.63) is 28.7 Å². The van der Waals surface area contributed by atoms with Gasteiger partial charge in [0.25, 0.3) is 5.91 Å². The molecule has 0 aromatic heterocycles. The minimum atomic E-state index is -0.465. The van der Waals surface area contributed by atoms with E-state index in [1.165, 1.54) is 4.90 Å². The Balaban J connectivity index is 1.47. The third-order valence-electron chi connectivity index (χ3n) is 5.02. The second-order valence-corrected chi connectivity index (χ2v) is 7.32. The zero-order valence-corrected chi connectivity index (χ0v) is 14.8. The van der Waals surface area contributed by atoms with Crippen molar-refractivity contribution in [1.82, 2.24) is 4.90 Å². The van der Waals surface area contributed by atoms with Gasteiger partial charge in [0.2, 0.25) is 5.91 Å². The number of rotatable bonds is 2. The van der Waals surface area contributed by atoms with Gasteiger partial charge in [-0.25, -0.2) is 4.90 Å². The van der Waals surface area contributed by atoms with Gasteiger partial charge >= 0.3 is 0 Å². The van der Waals surface area contributed by atoms with Crippen LogP contribution in [0, 0.1) is 0 Å². The van der Waals surface area contributed by atoms with Crippen LogP contribution < -0.4 is 4.90 Å². The van der Waals surface area contributed by atoms with Crippen LogP contribution in [0.3, 0.4) is 0 Å². The maximum Gasteiger partial charge on any atom is 0.251 e. The normalized spacial score (nSPS) is 27.4. The number of benzene rings is 1. The lowest BCUT2D eigenvalue weighted by Gasteiger charge is -2.39. The average Bonchev–Trinajstić information content (AvgIpc) is 3.15. The van der Waals surface area contributed by atoms with E-state index in [0.717, 1.165) is 17.3 Å². The van der Waals surface area contributed by atoms with E-state index in [9.17, 15) is 9.59 Å². The molecule has 0 saturated carbocycles. The molecule has 3 aliphatic heterocycles. The zero-order valence-electron chi connectivity index (χ0n) is 13.2. The summed E-state index contributed by atoms with van der Waals surface area (Å²) in [6.07, 6.45) is 1.72. The Morgan fingerprint density at radius 1 is 1.04 bits per heavy atom. The van der Waals surface area contributed by atoms with Crippen molar-refractivity contribution >= 4 is 33.4 Å². The molecule has 7 heteroatoms. The first-order valence-corrected chi connectivity index (χ1v) is 9.02. The summed E-state index contributed by atoms with van der Waals surface area (Å²) in [5, 5.41) is 0. The second kappa shape index (κ2) is 6.22. The molecule has 128 valence electrons. The number of piperidine rings is 1. The number of imide groups is 1. The Bertz CT molecular complexity index is 647. The van der Waals surface area contributed by atoms with Crippen LogP contribution in [-0.4, -0.2) is 54.8 Å². The van der Waals surface area contributed by atoms with Crippen molar-refractivity contribution in [3.8, 4) is 0 Å². The molecule has 0 bridgehead atoms. The van der Waals surface area contributed by atoms with Crippen LogP contribution >= 0.6 is 15.9 Å². The largest absolute Gasteiger partial charge is 0.347 e. The van der Waals surface area contributed by atoms with Crippen LogP contribution in [0.15, 0.2) is 28.7 Å². The minimum absolute atomic E-state index is 0.133. The third kappa shape index (κ3) is 2.79. The number of nitrogens with zero attached hydrogens (tertiary/aromatic N) is 2. The zero-order chi connectivity index (χ0) is 16.7. The highest BCUT2D eigenvalue weighted by molar-refractivity contribution is 9.10. The molecule has 0 radical (unpaired) electrons. The van der Waals surface area contributed by atoms with Crippen molar-refractivity contribution < 1.29 is 19.1 Å². The van der Waals surface area contributed by atoms with Crippen LogP contribution in [0.4, 0.5) is 5.69 Å².